The maximum Gasteiger partial charge on any atom is 0.0304 e. The minimum absolute atomic E-state index is 0.410. The van der Waals surface area contributed by atoms with Gasteiger partial charge < -0.3 is 10.6 Å². The number of hydrogen-bond donors (Lipinski definition) is 2. The molecule has 1 atom stereocenters. The van der Waals surface area contributed by atoms with Crippen LogP contribution >= 0.6 is 0 Å². The molecule has 1 saturated heterocycles. The van der Waals surface area contributed by atoms with Crippen LogP contribution in [0.15, 0.2) is 0 Å². The normalized spacial score (nSPS) is 24.4. The highest BCUT2D eigenvalue weighted by Crippen LogP contribution is 2.19. The summed E-state index contributed by atoms with van der Waals surface area (Å²) in [6.07, 6.45) is 3.90. The Bertz CT molecular complexity index is 102. The van der Waals surface area contributed by atoms with Gasteiger partial charge in [-0.2, -0.15) is 0 Å². The van der Waals surface area contributed by atoms with Gasteiger partial charge in [0.05, 0.1) is 0 Å². The van der Waals surface area contributed by atoms with Crippen LogP contribution in [0.3, 0.4) is 0 Å². The lowest BCUT2D eigenvalue weighted by atomic mass is 9.87. The van der Waals surface area contributed by atoms with Gasteiger partial charge >= 0.3 is 0 Å². The van der Waals surface area contributed by atoms with Gasteiger partial charge in [0, 0.05) is 12.1 Å². The molecular weight excluding hydrogens is 184 g/mol. The van der Waals surface area contributed by atoms with E-state index in [1.807, 2.05) is 27.7 Å². The molecule has 0 aliphatic carbocycles. The van der Waals surface area contributed by atoms with E-state index < -0.39 is 0 Å². The van der Waals surface area contributed by atoms with Gasteiger partial charge in [-0.25, -0.2) is 0 Å². The zero-order valence-corrected chi connectivity index (χ0v) is 11.7. The van der Waals surface area contributed by atoms with E-state index in [9.17, 15) is 0 Å². The fourth-order valence-corrected chi connectivity index (χ4v) is 1.92. The molecule has 94 valence electrons. The average Bonchev–Trinajstić information content (AvgIpc) is 2.36. The Hall–Kier alpha value is -0.0800. The SMILES string of the molecule is CC.CC.CCNC1(CC)CCCNC1. The van der Waals surface area contributed by atoms with Gasteiger partial charge in [-0.15, -0.1) is 0 Å². The molecule has 0 aromatic carbocycles. The van der Waals surface area contributed by atoms with E-state index in [0.29, 0.717) is 5.54 Å². The van der Waals surface area contributed by atoms with E-state index in [1.165, 1.54) is 25.8 Å². The lowest BCUT2D eigenvalue weighted by Crippen LogP contribution is -2.55. The summed E-state index contributed by atoms with van der Waals surface area (Å²) in [7, 11) is 0. The Morgan fingerprint density at radius 3 is 2.07 bits per heavy atom. The van der Waals surface area contributed by atoms with Crippen molar-refractivity contribution >= 4 is 0 Å². The van der Waals surface area contributed by atoms with E-state index in [1.54, 1.807) is 0 Å². The third-order valence-corrected chi connectivity index (χ3v) is 2.70. The van der Waals surface area contributed by atoms with Gasteiger partial charge in [0.2, 0.25) is 0 Å². The fourth-order valence-electron chi connectivity index (χ4n) is 1.92. The molecule has 0 radical (unpaired) electrons. The van der Waals surface area contributed by atoms with Crippen LogP contribution < -0.4 is 10.6 Å². The van der Waals surface area contributed by atoms with Crippen molar-refractivity contribution in [3.05, 3.63) is 0 Å². The standard InChI is InChI=1S/C9H20N2.2C2H6/c1-3-9(11-4-2)6-5-7-10-8-9;2*1-2/h10-11H,3-8H2,1-2H3;2*1-2H3. The molecule has 15 heavy (non-hydrogen) atoms. The first kappa shape index (κ1) is 17.3. The van der Waals surface area contributed by atoms with E-state index in [4.69, 9.17) is 0 Å². The van der Waals surface area contributed by atoms with Crippen LogP contribution in [0.2, 0.25) is 0 Å². The molecule has 1 rings (SSSR count). The maximum atomic E-state index is 3.59. The summed E-state index contributed by atoms with van der Waals surface area (Å²) >= 11 is 0. The molecule has 0 aromatic heterocycles. The highest BCUT2D eigenvalue weighted by Gasteiger charge is 2.28. The van der Waals surface area contributed by atoms with E-state index in [-0.39, 0.29) is 0 Å². The fraction of sp³-hybridized carbons (Fsp3) is 1.00. The molecule has 1 fully saturated rings. The third kappa shape index (κ3) is 6.91. The second-order valence-corrected chi connectivity index (χ2v) is 3.44. The van der Waals surface area contributed by atoms with Gasteiger partial charge in [-0.05, 0) is 32.4 Å². The predicted octanol–water partition coefficient (Wildman–Crippen LogP) is 3.18. The number of hydrogen-bond acceptors (Lipinski definition) is 2. The quantitative estimate of drug-likeness (QED) is 0.757. The van der Waals surface area contributed by atoms with Crippen LogP contribution in [0.4, 0.5) is 0 Å². The van der Waals surface area contributed by atoms with Crippen LogP contribution in [0.25, 0.3) is 0 Å². The summed E-state index contributed by atoms with van der Waals surface area (Å²) in [5.74, 6) is 0. The van der Waals surface area contributed by atoms with Gasteiger partial charge in [-0.1, -0.05) is 41.5 Å². The topological polar surface area (TPSA) is 24.1 Å². The number of likely N-dealkylation sites (N-methyl/N-ethyl adjacent to an activating group) is 1. The summed E-state index contributed by atoms with van der Waals surface area (Å²) in [6, 6.07) is 0. The van der Waals surface area contributed by atoms with Crippen molar-refractivity contribution in [2.45, 2.75) is 66.3 Å². The summed E-state index contributed by atoms with van der Waals surface area (Å²) in [5, 5.41) is 7.03. The van der Waals surface area contributed by atoms with Crippen molar-refractivity contribution < 1.29 is 0 Å². The molecule has 2 heteroatoms. The highest BCUT2D eigenvalue weighted by atomic mass is 15.0. The summed E-state index contributed by atoms with van der Waals surface area (Å²) in [4.78, 5) is 0. The zero-order chi connectivity index (χ0) is 12.2. The molecule has 0 saturated carbocycles. The molecule has 0 aromatic rings. The Morgan fingerprint density at radius 1 is 1.13 bits per heavy atom. The minimum atomic E-state index is 0.410. The van der Waals surface area contributed by atoms with Gasteiger partial charge in [0.15, 0.2) is 0 Å². The second-order valence-electron chi connectivity index (χ2n) is 3.44. The maximum absolute atomic E-state index is 3.59. The van der Waals surface area contributed by atoms with Crippen molar-refractivity contribution in [3.63, 3.8) is 0 Å². The summed E-state index contributed by atoms with van der Waals surface area (Å²) in [5.41, 5.74) is 0.410. The molecule has 0 spiro atoms. The van der Waals surface area contributed by atoms with Crippen molar-refractivity contribution in [2.24, 2.45) is 0 Å². The largest absolute Gasteiger partial charge is 0.315 e. The molecular formula is C13H32N2. The molecule has 0 bridgehead atoms. The second kappa shape index (κ2) is 12.0. The van der Waals surface area contributed by atoms with Crippen LogP contribution in [-0.4, -0.2) is 25.2 Å². The van der Waals surface area contributed by atoms with Crippen molar-refractivity contribution in [3.8, 4) is 0 Å². The third-order valence-electron chi connectivity index (χ3n) is 2.70. The molecule has 2 N–H and O–H groups in total. The van der Waals surface area contributed by atoms with Crippen LogP contribution in [0.1, 0.15) is 60.8 Å². The average molecular weight is 216 g/mol. The van der Waals surface area contributed by atoms with Crippen molar-refractivity contribution in [2.75, 3.05) is 19.6 Å². The Kier molecular flexibility index (Phi) is 13.8. The van der Waals surface area contributed by atoms with Crippen molar-refractivity contribution in [1.82, 2.24) is 10.6 Å². The smallest absolute Gasteiger partial charge is 0.0304 e. The molecule has 2 nitrogen and oxygen atoms in total. The Labute approximate surface area is 97.2 Å². The first-order chi connectivity index (χ1) is 7.33. The van der Waals surface area contributed by atoms with E-state index in [0.717, 1.165) is 13.1 Å². The Morgan fingerprint density at radius 2 is 1.73 bits per heavy atom. The van der Waals surface area contributed by atoms with Crippen LogP contribution in [0, 0.1) is 0 Å². The van der Waals surface area contributed by atoms with E-state index >= 15 is 0 Å². The molecule has 1 unspecified atom stereocenters. The first-order valence-electron chi connectivity index (χ1n) is 6.79. The van der Waals surface area contributed by atoms with Crippen LogP contribution in [-0.2, 0) is 0 Å². The lowest BCUT2D eigenvalue weighted by molar-refractivity contribution is 0.244. The minimum Gasteiger partial charge on any atom is -0.315 e. The number of nitrogens with one attached hydrogen (secondary N) is 2. The Balaban J connectivity index is 0. The molecule has 1 aliphatic rings. The zero-order valence-electron chi connectivity index (χ0n) is 11.7. The summed E-state index contributed by atoms with van der Waals surface area (Å²) < 4.78 is 0. The van der Waals surface area contributed by atoms with Crippen LogP contribution in [0.5, 0.6) is 0 Å². The molecule has 0 amide bonds. The lowest BCUT2D eigenvalue weighted by Gasteiger charge is -2.37. The molecule has 1 heterocycles. The van der Waals surface area contributed by atoms with Gasteiger partial charge in [0.1, 0.15) is 0 Å². The monoisotopic (exact) mass is 216 g/mol. The van der Waals surface area contributed by atoms with Gasteiger partial charge in [0.25, 0.3) is 0 Å². The highest BCUT2D eigenvalue weighted by molar-refractivity contribution is 4.91. The summed E-state index contributed by atoms with van der Waals surface area (Å²) in [6.45, 7) is 15.9. The van der Waals surface area contributed by atoms with E-state index in [2.05, 4.69) is 24.5 Å². The number of piperidine rings is 1. The number of rotatable bonds is 3. The van der Waals surface area contributed by atoms with Crippen molar-refractivity contribution in [1.29, 1.82) is 0 Å². The predicted molar refractivity (Wildman–Crippen MR) is 71.5 cm³/mol. The van der Waals surface area contributed by atoms with Gasteiger partial charge in [-0.3, -0.25) is 0 Å². The first-order valence-corrected chi connectivity index (χ1v) is 6.79. The molecule has 1 aliphatic heterocycles.